The highest BCUT2D eigenvalue weighted by molar-refractivity contribution is 9.10. The third-order valence-corrected chi connectivity index (χ3v) is 12.4. The largest absolute Gasteiger partial charge is 0.420 e. The molecule has 0 aliphatic heterocycles. The van der Waals surface area contributed by atoms with Crippen LogP contribution >= 0.6 is 27.3 Å². The molecule has 3 nitrogen and oxygen atoms in total. The molecule has 8 rings (SSSR count). The van der Waals surface area contributed by atoms with Crippen molar-refractivity contribution in [1.29, 1.82) is 0 Å². The molecule has 1 heterocycles. The molecule has 0 spiro atoms. The third-order valence-electron chi connectivity index (χ3n) is 10.7. The Bertz CT molecular complexity index is 3090. The van der Waals surface area contributed by atoms with Crippen LogP contribution in [0.3, 0.4) is 0 Å². The lowest BCUT2D eigenvalue weighted by molar-refractivity contribution is -0.660. The molecule has 71 heavy (non-hydrogen) atoms. The predicted molar refractivity (Wildman–Crippen MR) is 216 cm³/mol. The molecule has 0 saturated heterocycles. The summed E-state index contributed by atoms with van der Waals surface area (Å²) in [6.45, 7) is 0.621. The van der Waals surface area contributed by atoms with Crippen molar-refractivity contribution in [2.75, 3.05) is 0 Å². The lowest BCUT2D eigenvalue weighted by Gasteiger charge is -2.44. The normalized spacial score (nSPS) is 11.6. The van der Waals surface area contributed by atoms with Gasteiger partial charge in [0.25, 0.3) is 0 Å². The van der Waals surface area contributed by atoms with E-state index < -0.39 is 144 Å². The van der Waals surface area contributed by atoms with Gasteiger partial charge in [-0.05, 0) is 30.3 Å². The third kappa shape index (κ3) is 8.52. The maximum atomic E-state index is 15.4. The standard InChI is InChI=1S/C24BF20.C21H15BrNO2S/c26-5-1(6(27)14(35)21(42)13(5)34)25(2-7(28)15(36)22(43)16(37)8(2)29,3-9(30)17(38)23(44)18(39)10(3)31)4-11(32)19(40)24(45)20(41)12(4)33;22-16-10-12-17(13-11-16)25-21(24)20-23(14-15-6-2-1-3-7-15)18-8-4-5-9-19(18)26-20/h;1-13H,14H2/q-1;+1. The van der Waals surface area contributed by atoms with Crippen LogP contribution in [0.2, 0.25) is 0 Å². The van der Waals surface area contributed by atoms with Crippen LogP contribution in [-0.4, -0.2) is 12.1 Å². The van der Waals surface area contributed by atoms with Crippen LogP contribution in [-0.2, 0) is 6.54 Å². The molecule has 1 aromatic heterocycles. The Labute approximate surface area is 394 Å². The van der Waals surface area contributed by atoms with Gasteiger partial charge in [-0.1, -0.05) is 69.7 Å². The van der Waals surface area contributed by atoms with E-state index in [9.17, 15) is 57.5 Å². The van der Waals surface area contributed by atoms with Crippen molar-refractivity contribution >= 4 is 71.4 Å². The number of hydrogen-bond donors (Lipinski definition) is 0. The second-order valence-corrected chi connectivity index (χ2v) is 16.5. The number of halogens is 21. The van der Waals surface area contributed by atoms with Gasteiger partial charge in [0.05, 0.1) is 0 Å². The lowest BCUT2D eigenvalue weighted by Crippen LogP contribution is -2.81. The molecule has 26 heteroatoms. The van der Waals surface area contributed by atoms with Gasteiger partial charge < -0.3 is 4.74 Å². The maximum absolute atomic E-state index is 15.4. The topological polar surface area (TPSA) is 30.2 Å². The Kier molecular flexibility index (Phi) is 14.4. The van der Waals surface area contributed by atoms with Crippen molar-refractivity contribution in [3.63, 3.8) is 0 Å². The quantitative estimate of drug-likeness (QED) is 0.0289. The number of thiazole rings is 1. The first-order chi connectivity index (χ1) is 33.4. The van der Waals surface area contributed by atoms with Gasteiger partial charge in [-0.15, -0.1) is 21.9 Å². The second-order valence-electron chi connectivity index (χ2n) is 14.6. The van der Waals surface area contributed by atoms with E-state index in [1.807, 2.05) is 59.2 Å². The molecule has 0 radical (unpaired) electrons. The van der Waals surface area contributed by atoms with Gasteiger partial charge in [0, 0.05) is 16.1 Å². The Balaban J connectivity index is 0.000000240. The van der Waals surface area contributed by atoms with Crippen LogP contribution < -0.4 is 31.2 Å². The van der Waals surface area contributed by atoms with Gasteiger partial charge in [-0.2, -0.15) is 4.57 Å². The Morgan fingerprint density at radius 2 is 0.732 bits per heavy atom. The molecule has 0 fully saturated rings. The average molecular weight is 1100 g/mol. The fraction of sp³-hybridized carbons (Fsp3) is 0.0222. The minimum Gasteiger partial charge on any atom is -0.418 e. The van der Waals surface area contributed by atoms with Crippen molar-refractivity contribution in [1.82, 2.24) is 0 Å². The van der Waals surface area contributed by atoms with E-state index in [4.69, 9.17) is 4.74 Å². The van der Waals surface area contributed by atoms with Crippen molar-refractivity contribution in [2.24, 2.45) is 0 Å². The molecule has 7 aromatic carbocycles. The van der Waals surface area contributed by atoms with Gasteiger partial charge in [0.2, 0.25) is 5.52 Å². The number of para-hydroxylation sites is 1. The van der Waals surface area contributed by atoms with E-state index >= 15 is 35.1 Å². The van der Waals surface area contributed by atoms with Gasteiger partial charge in [0.1, 0.15) is 63.1 Å². The Morgan fingerprint density at radius 1 is 0.423 bits per heavy atom. The number of rotatable bonds is 8. The maximum Gasteiger partial charge on any atom is 0.420 e. The first-order valence-corrected chi connectivity index (χ1v) is 20.7. The van der Waals surface area contributed by atoms with E-state index in [-0.39, 0.29) is 5.97 Å². The predicted octanol–water partition coefficient (Wildman–Crippen LogP) is 11.1. The average Bonchev–Trinajstić information content (AvgIpc) is 3.73. The Hall–Kier alpha value is -6.96. The van der Waals surface area contributed by atoms with Crippen LogP contribution in [0.4, 0.5) is 87.8 Å². The van der Waals surface area contributed by atoms with E-state index in [1.54, 1.807) is 12.1 Å². The van der Waals surface area contributed by atoms with Crippen molar-refractivity contribution in [3.05, 3.63) is 210 Å². The number of carbonyl (C=O) groups is 1. The number of nitrogens with zero attached hydrogens (tertiary/aromatic N) is 1. The minimum absolute atomic E-state index is 0.343. The molecule has 0 N–H and O–H groups in total. The summed E-state index contributed by atoms with van der Waals surface area (Å²) in [5, 5.41) is 0.581. The fourth-order valence-corrected chi connectivity index (χ4v) is 8.94. The van der Waals surface area contributed by atoms with Gasteiger partial charge >= 0.3 is 11.0 Å². The minimum atomic E-state index is -7.22. The highest BCUT2D eigenvalue weighted by Crippen LogP contribution is 2.31. The van der Waals surface area contributed by atoms with E-state index in [0.29, 0.717) is 17.3 Å². The van der Waals surface area contributed by atoms with Crippen LogP contribution in [0.15, 0.2) is 83.3 Å². The lowest BCUT2D eigenvalue weighted by atomic mass is 9.12. The molecule has 0 aliphatic rings. The monoisotopic (exact) mass is 1100 g/mol. The zero-order valence-corrected chi connectivity index (χ0v) is 36.3. The van der Waals surface area contributed by atoms with Crippen molar-refractivity contribution in [3.8, 4) is 5.75 Å². The number of carbonyl (C=O) groups excluding carboxylic acids is 1. The zero-order valence-electron chi connectivity index (χ0n) is 33.9. The number of fused-ring (bicyclic) bond motifs is 1. The summed E-state index contributed by atoms with van der Waals surface area (Å²) in [6, 6.07) is 25.4. The van der Waals surface area contributed by atoms with Crippen LogP contribution in [0.25, 0.3) is 10.2 Å². The molecular weight excluding hydrogens is 1090 g/mol. The van der Waals surface area contributed by atoms with Crippen LogP contribution in [0.5, 0.6) is 5.75 Å². The summed E-state index contributed by atoms with van der Waals surface area (Å²) in [7, 11) is 0. The van der Waals surface area contributed by atoms with Crippen LogP contribution in [0, 0.1) is 116 Å². The van der Waals surface area contributed by atoms with E-state index in [0.717, 1.165) is 20.3 Å². The van der Waals surface area contributed by atoms with Gasteiger partial charge in [-0.25, -0.2) is 92.6 Å². The molecule has 0 bridgehead atoms. The van der Waals surface area contributed by atoms with Gasteiger partial charge in [0.15, 0.2) is 76.4 Å². The molecule has 0 atom stereocenters. The number of benzene rings is 7. The van der Waals surface area contributed by atoms with Crippen molar-refractivity contribution < 1.29 is 102 Å². The summed E-state index contributed by atoms with van der Waals surface area (Å²) in [6.07, 6.45) is -7.22. The molecule has 0 saturated carbocycles. The summed E-state index contributed by atoms with van der Waals surface area (Å²) < 4.78 is 304. The number of ether oxygens (including phenoxy) is 1. The number of esters is 1. The molecule has 0 amide bonds. The van der Waals surface area contributed by atoms with E-state index in [1.165, 1.54) is 11.3 Å². The highest BCUT2D eigenvalue weighted by atomic mass is 79.9. The zero-order chi connectivity index (χ0) is 52.3. The molecular formula is C45H15BBrF20NO2S. The highest BCUT2D eigenvalue weighted by Gasteiger charge is 2.52. The fourth-order valence-electron chi connectivity index (χ4n) is 7.64. The van der Waals surface area contributed by atoms with E-state index in [2.05, 4.69) is 28.1 Å². The Morgan fingerprint density at radius 3 is 1.08 bits per heavy atom. The SMILES string of the molecule is Fc1c(F)c(F)c([B-](c2c(F)c(F)c(F)c(F)c2F)(c2c(F)c(F)c(F)c(F)c2F)c2c(F)c(F)c(F)c(F)c2F)c(F)c1F.O=C(Oc1ccc(Br)cc1)c1sc2ccccc2[n+]1Cc1ccccc1. The summed E-state index contributed by atoms with van der Waals surface area (Å²) in [4.78, 5) is 12.8. The van der Waals surface area contributed by atoms with Crippen LogP contribution in [0.1, 0.15) is 15.4 Å². The summed E-state index contributed by atoms with van der Waals surface area (Å²) >= 11 is 4.84. The second kappa shape index (κ2) is 19.7. The first-order valence-electron chi connectivity index (χ1n) is 19.1. The molecule has 0 aliphatic carbocycles. The summed E-state index contributed by atoms with van der Waals surface area (Å²) in [5.41, 5.74) is -12.2. The first kappa shape index (κ1) is 51.9. The smallest absolute Gasteiger partial charge is 0.418 e. The van der Waals surface area contributed by atoms with Crippen molar-refractivity contribution in [2.45, 2.75) is 6.54 Å². The molecule has 0 unspecified atom stereocenters. The van der Waals surface area contributed by atoms with Gasteiger partial charge in [-0.3, -0.25) is 0 Å². The number of hydrogen-bond acceptors (Lipinski definition) is 3. The summed E-state index contributed by atoms with van der Waals surface area (Å²) in [5.74, 6) is -71.2. The molecule has 8 aromatic rings. The number of aromatic nitrogens is 1. The molecule has 368 valence electrons.